The van der Waals surface area contributed by atoms with Gasteiger partial charge in [0.15, 0.2) is 11.5 Å². The Kier molecular flexibility index (Phi) is 15.8. The standard InChI is InChI=1S/C57H65N11O6S/c1-35-49(75-34-63-35)38-13-11-37(12-14-38)32-62-54(72)46-31-42(69)33-67(46)55(73)50(56(2,3)4)66-48(71)23-29-74-28-22-47(70)60-27-21-36-8-5-9-39(30-36)44-19-20-45-53(64-44)68(52(65-45)43-10-6-26-61-51(43)58)41-17-15-40(16-18-41)57(59)24-7-25-57/h5-6,8-20,26,30,34,42,46,50,69H,7,21-25,27-29,31-33,59H2,1-4H3,(H2,58,61)(H,60,70)(H,62,72)(H,66,71)/t42-,46+,50-/m1/s1. The van der Waals surface area contributed by atoms with Crippen LogP contribution in [-0.4, -0.2) is 103 Å². The van der Waals surface area contributed by atoms with Crippen molar-refractivity contribution >= 4 is 51.9 Å². The number of aromatic nitrogens is 5. The normalized spacial score (nSPS) is 16.6. The Morgan fingerprint density at radius 1 is 0.880 bits per heavy atom. The van der Waals surface area contributed by atoms with Crippen LogP contribution in [0.5, 0.6) is 0 Å². The smallest absolute Gasteiger partial charge is 0.246 e. The molecule has 7 aromatic rings. The van der Waals surface area contributed by atoms with Gasteiger partial charge in [0.25, 0.3) is 0 Å². The van der Waals surface area contributed by atoms with E-state index < -0.39 is 35.4 Å². The number of thiazole rings is 1. The van der Waals surface area contributed by atoms with Gasteiger partial charge in [0.05, 0.1) is 46.7 Å². The summed E-state index contributed by atoms with van der Waals surface area (Å²) in [4.78, 5) is 74.9. The largest absolute Gasteiger partial charge is 0.391 e. The number of imidazole rings is 1. The Morgan fingerprint density at radius 2 is 1.64 bits per heavy atom. The lowest BCUT2D eigenvalue weighted by Crippen LogP contribution is -2.57. The van der Waals surface area contributed by atoms with Crippen molar-refractivity contribution in [3.63, 3.8) is 0 Å². The van der Waals surface area contributed by atoms with E-state index in [0.717, 1.165) is 69.0 Å². The van der Waals surface area contributed by atoms with Gasteiger partial charge in [0.2, 0.25) is 23.6 Å². The second-order valence-electron chi connectivity index (χ2n) is 20.7. The Morgan fingerprint density at radius 3 is 2.33 bits per heavy atom. The number of benzene rings is 3. The van der Waals surface area contributed by atoms with Crippen molar-refractivity contribution in [3.8, 4) is 38.8 Å². The average molecular weight is 1030 g/mol. The molecule has 5 heterocycles. The van der Waals surface area contributed by atoms with Gasteiger partial charge in [-0.15, -0.1) is 11.3 Å². The van der Waals surface area contributed by atoms with Crippen LogP contribution in [0.4, 0.5) is 5.82 Å². The van der Waals surface area contributed by atoms with Gasteiger partial charge in [-0.25, -0.2) is 19.9 Å². The molecule has 390 valence electrons. The number of carbonyl (C=O) groups excluding carboxylic acids is 4. The van der Waals surface area contributed by atoms with Crippen LogP contribution in [0.3, 0.4) is 0 Å². The molecule has 18 heteroatoms. The molecule has 1 saturated carbocycles. The summed E-state index contributed by atoms with van der Waals surface area (Å²) in [5.41, 5.74) is 23.5. The summed E-state index contributed by atoms with van der Waals surface area (Å²) >= 11 is 1.57. The van der Waals surface area contributed by atoms with E-state index in [9.17, 15) is 24.3 Å². The minimum absolute atomic E-state index is 0.0271. The van der Waals surface area contributed by atoms with Gasteiger partial charge in [-0.2, -0.15) is 0 Å². The summed E-state index contributed by atoms with van der Waals surface area (Å²) < 4.78 is 7.69. The SMILES string of the molecule is Cc1ncsc1-c1ccc(CNC(=O)[C@@H]2C[C@@H](O)CN2C(=O)[C@@H](NC(=O)CCOCCC(=O)NCCc2cccc(-c3ccc4nc(-c5cccnc5N)n(-c5ccc(C6(N)CCC6)cc5)c4n3)c2)C(C)(C)C)cc1. The van der Waals surface area contributed by atoms with Crippen LogP contribution in [-0.2, 0) is 42.4 Å². The van der Waals surface area contributed by atoms with E-state index >= 15 is 0 Å². The van der Waals surface area contributed by atoms with Crippen molar-refractivity contribution in [3.05, 3.63) is 131 Å². The fourth-order valence-electron chi connectivity index (χ4n) is 9.70. The summed E-state index contributed by atoms with van der Waals surface area (Å²) in [6.07, 6.45) is 4.55. The van der Waals surface area contributed by atoms with Gasteiger partial charge >= 0.3 is 0 Å². The van der Waals surface area contributed by atoms with E-state index in [1.54, 1.807) is 17.5 Å². The highest BCUT2D eigenvalue weighted by atomic mass is 32.1. The molecule has 0 bridgehead atoms. The van der Waals surface area contributed by atoms with Crippen molar-refractivity contribution < 1.29 is 29.0 Å². The Balaban J connectivity index is 0.738. The summed E-state index contributed by atoms with van der Waals surface area (Å²) in [5.74, 6) is -0.422. The Labute approximate surface area is 440 Å². The van der Waals surface area contributed by atoms with Gasteiger partial charge in [-0.05, 0) is 103 Å². The van der Waals surface area contributed by atoms with Gasteiger partial charge in [-0.1, -0.05) is 75.4 Å². The first-order valence-corrected chi connectivity index (χ1v) is 26.4. The molecule has 0 spiro atoms. The first-order chi connectivity index (χ1) is 36.0. The Bertz CT molecular complexity index is 3180. The number of anilines is 1. The molecule has 8 N–H and O–H groups in total. The van der Waals surface area contributed by atoms with Gasteiger partial charge < -0.3 is 42.2 Å². The van der Waals surface area contributed by atoms with Gasteiger partial charge in [-0.3, -0.25) is 23.7 Å². The first-order valence-electron chi connectivity index (χ1n) is 25.5. The number of nitrogens with one attached hydrogen (secondary N) is 3. The molecule has 9 rings (SSSR count). The van der Waals surface area contributed by atoms with Gasteiger partial charge in [0, 0.05) is 61.9 Å². The number of nitrogen functional groups attached to an aromatic ring is 1. The van der Waals surface area contributed by atoms with Crippen LogP contribution in [0.15, 0.2) is 109 Å². The van der Waals surface area contributed by atoms with Crippen molar-refractivity contribution in [2.24, 2.45) is 11.1 Å². The zero-order valence-corrected chi connectivity index (χ0v) is 43.7. The number of nitrogens with zero attached hydrogens (tertiary/aromatic N) is 6. The van der Waals surface area contributed by atoms with E-state index in [0.29, 0.717) is 41.3 Å². The summed E-state index contributed by atoms with van der Waals surface area (Å²) in [7, 11) is 0. The third-order valence-electron chi connectivity index (χ3n) is 14.1. The number of hydrogen-bond donors (Lipinski definition) is 6. The van der Waals surface area contributed by atoms with Crippen molar-refractivity contribution in [1.82, 2.24) is 45.4 Å². The minimum atomic E-state index is -0.971. The monoisotopic (exact) mass is 1030 g/mol. The quantitative estimate of drug-likeness (QED) is 0.0460. The molecule has 75 heavy (non-hydrogen) atoms. The number of nitrogens with two attached hydrogens (primary N) is 2. The lowest BCUT2D eigenvalue weighted by Gasteiger charge is -2.38. The maximum atomic E-state index is 14.1. The van der Waals surface area contributed by atoms with E-state index in [1.807, 2.05) is 105 Å². The number of fused-ring (bicyclic) bond motifs is 1. The van der Waals surface area contributed by atoms with Crippen molar-refractivity contribution in [1.29, 1.82) is 0 Å². The highest BCUT2D eigenvalue weighted by Crippen LogP contribution is 2.40. The van der Waals surface area contributed by atoms with Crippen LogP contribution >= 0.6 is 11.3 Å². The van der Waals surface area contributed by atoms with E-state index in [2.05, 4.69) is 56.3 Å². The Hall–Kier alpha value is -7.38. The molecule has 1 aliphatic carbocycles. The van der Waals surface area contributed by atoms with E-state index in [4.69, 9.17) is 26.2 Å². The number of aliphatic hydroxyl groups is 1. The molecule has 3 atom stereocenters. The number of ether oxygens (including phenoxy) is 1. The number of hydrogen-bond acceptors (Lipinski definition) is 13. The molecule has 1 saturated heterocycles. The molecule has 1 aliphatic heterocycles. The number of amides is 4. The van der Waals surface area contributed by atoms with E-state index in [1.165, 1.54) is 4.90 Å². The number of aryl methyl sites for hydroxylation is 1. The zero-order chi connectivity index (χ0) is 52.9. The number of β-amino-alcohol motifs (C(OH)–C–C–N with tert-alkyl or cyclic N) is 1. The molecule has 3 aromatic carbocycles. The lowest BCUT2D eigenvalue weighted by atomic mass is 9.73. The number of carbonyl (C=O) groups is 4. The lowest BCUT2D eigenvalue weighted by molar-refractivity contribution is -0.144. The molecular weight excluding hydrogens is 967 g/mol. The third kappa shape index (κ3) is 12.1. The molecule has 2 fully saturated rings. The summed E-state index contributed by atoms with van der Waals surface area (Å²) in [5, 5.41) is 19.4. The molecule has 17 nitrogen and oxygen atoms in total. The molecule has 2 aliphatic rings. The highest BCUT2D eigenvalue weighted by molar-refractivity contribution is 7.13. The topological polar surface area (TPSA) is 246 Å². The molecular formula is C57H65N11O6S. The number of aliphatic hydroxyl groups excluding tert-OH is 1. The molecule has 4 amide bonds. The van der Waals surface area contributed by atoms with Crippen LogP contribution in [0.1, 0.15) is 81.7 Å². The average Bonchev–Trinajstić information content (AvgIpc) is 4.12. The van der Waals surface area contributed by atoms with Crippen molar-refractivity contribution in [2.45, 2.75) is 103 Å². The first kappa shape index (κ1) is 52.5. The fourth-order valence-corrected chi connectivity index (χ4v) is 10.5. The maximum Gasteiger partial charge on any atom is 0.246 e. The van der Waals surface area contributed by atoms with Crippen LogP contribution < -0.4 is 27.4 Å². The van der Waals surface area contributed by atoms with Gasteiger partial charge in [0.1, 0.15) is 23.4 Å². The zero-order valence-electron chi connectivity index (χ0n) is 42.8. The van der Waals surface area contributed by atoms with Crippen LogP contribution in [0.25, 0.3) is 49.9 Å². The highest BCUT2D eigenvalue weighted by Gasteiger charge is 2.44. The van der Waals surface area contributed by atoms with Crippen molar-refractivity contribution in [2.75, 3.05) is 32.0 Å². The maximum absolute atomic E-state index is 14.1. The predicted octanol–water partition coefficient (Wildman–Crippen LogP) is 6.77. The second-order valence-corrected chi connectivity index (χ2v) is 21.5. The third-order valence-corrected chi connectivity index (χ3v) is 15.1. The predicted molar refractivity (Wildman–Crippen MR) is 290 cm³/mol. The fraction of sp³-hybridized carbons (Fsp3) is 0.368. The summed E-state index contributed by atoms with van der Waals surface area (Å²) in [6.45, 7) is 8.23. The second kappa shape index (κ2) is 22.6. The summed E-state index contributed by atoms with van der Waals surface area (Å²) in [6, 6.07) is 30.0. The van der Waals surface area contributed by atoms with E-state index in [-0.39, 0.29) is 62.9 Å². The van der Waals surface area contributed by atoms with Crippen LogP contribution in [0.2, 0.25) is 0 Å². The number of rotatable bonds is 19. The minimum Gasteiger partial charge on any atom is -0.391 e. The van der Waals surface area contributed by atoms with Crippen LogP contribution in [0, 0.1) is 12.3 Å². The number of likely N-dealkylation sites (tertiary alicyclic amines) is 1. The molecule has 4 aromatic heterocycles. The molecule has 0 radical (unpaired) electrons. The molecule has 0 unspecified atom stereocenters. The number of pyridine rings is 2.